The first-order valence-corrected chi connectivity index (χ1v) is 7.78. The molecule has 0 aliphatic carbocycles. The minimum Gasteiger partial charge on any atom is -0.207 e. The molecule has 0 aromatic heterocycles. The average molecular weight is 209 g/mol. The average Bonchev–Trinajstić information content (AvgIpc) is 1.97. The molecule has 0 amide bonds. The van der Waals surface area contributed by atoms with Crippen molar-refractivity contribution in [2.24, 2.45) is 0 Å². The van der Waals surface area contributed by atoms with Crippen LogP contribution in [0.4, 0.5) is 8.78 Å². The monoisotopic (exact) mass is 209 g/mol. The third-order valence-electron chi connectivity index (χ3n) is 1.37. The summed E-state index contributed by atoms with van der Waals surface area (Å²) < 4.78 is 25.4. The highest BCUT2D eigenvalue weighted by Crippen LogP contribution is 2.06. The van der Waals surface area contributed by atoms with Gasteiger partial charge in [0, 0.05) is 17.7 Å². The van der Waals surface area contributed by atoms with Gasteiger partial charge in [0.1, 0.15) is 19.7 Å². The van der Waals surface area contributed by atoms with Crippen LogP contribution in [0.15, 0.2) is 12.1 Å². The van der Waals surface area contributed by atoms with Gasteiger partial charge in [-0.05, 0) is 6.07 Å². The molecule has 1 rings (SSSR count). The van der Waals surface area contributed by atoms with E-state index in [-0.39, 0.29) is 5.56 Å². The summed E-state index contributed by atoms with van der Waals surface area (Å²) >= 11 is 0. The van der Waals surface area contributed by atoms with Crippen molar-refractivity contribution >= 4 is 8.07 Å². The minimum absolute atomic E-state index is 0.282. The summed E-state index contributed by atoms with van der Waals surface area (Å²) in [6.07, 6.45) is 0. The molecule has 0 N–H and O–H groups in total. The standard InChI is InChI=1S/C11H11F2Si/c1-14(2,3)5-4-9-6-10(12)8-11(13)7-9/h6,8H,1-3H3. The first-order valence-electron chi connectivity index (χ1n) is 4.28. The van der Waals surface area contributed by atoms with Crippen molar-refractivity contribution in [3.8, 4) is 11.5 Å². The van der Waals surface area contributed by atoms with E-state index in [1.165, 1.54) is 6.07 Å². The van der Waals surface area contributed by atoms with Gasteiger partial charge in [0.25, 0.3) is 0 Å². The molecule has 0 saturated carbocycles. The Bertz CT molecular complexity index is 374. The Hall–Kier alpha value is -1.14. The van der Waals surface area contributed by atoms with Gasteiger partial charge < -0.3 is 0 Å². The summed E-state index contributed by atoms with van der Waals surface area (Å²) in [4.78, 5) is 0. The molecule has 0 heterocycles. The molecule has 0 aliphatic heterocycles. The van der Waals surface area contributed by atoms with Gasteiger partial charge in [-0.15, -0.1) is 5.54 Å². The quantitative estimate of drug-likeness (QED) is 0.455. The molecule has 0 bridgehead atoms. The van der Waals surface area contributed by atoms with E-state index >= 15 is 0 Å². The summed E-state index contributed by atoms with van der Waals surface area (Å²) in [6, 6.07) is 4.34. The highest BCUT2D eigenvalue weighted by molar-refractivity contribution is 6.83. The first kappa shape index (κ1) is 10.9. The van der Waals surface area contributed by atoms with Crippen LogP contribution in [-0.4, -0.2) is 8.07 Å². The number of benzene rings is 1. The van der Waals surface area contributed by atoms with Gasteiger partial charge in [-0.2, -0.15) is 0 Å². The van der Waals surface area contributed by atoms with E-state index in [0.717, 1.165) is 6.07 Å². The molecular weight excluding hydrogens is 198 g/mol. The normalized spacial score (nSPS) is 10.6. The molecule has 0 unspecified atom stereocenters. The second-order valence-corrected chi connectivity index (χ2v) is 8.81. The van der Waals surface area contributed by atoms with Crippen LogP contribution in [0.1, 0.15) is 5.56 Å². The zero-order valence-corrected chi connectivity index (χ0v) is 9.41. The van der Waals surface area contributed by atoms with Crippen LogP contribution in [0.5, 0.6) is 0 Å². The summed E-state index contributed by atoms with van der Waals surface area (Å²) in [5, 5.41) is 0. The third-order valence-corrected chi connectivity index (χ3v) is 2.25. The lowest BCUT2D eigenvalue weighted by atomic mass is 10.2. The molecule has 1 aromatic carbocycles. The highest BCUT2D eigenvalue weighted by atomic mass is 28.3. The maximum Gasteiger partial charge on any atom is 0.135 e. The van der Waals surface area contributed by atoms with Gasteiger partial charge in [-0.25, -0.2) is 8.78 Å². The van der Waals surface area contributed by atoms with E-state index in [4.69, 9.17) is 0 Å². The van der Waals surface area contributed by atoms with Crippen LogP contribution in [-0.2, 0) is 0 Å². The van der Waals surface area contributed by atoms with Crippen LogP contribution in [0.3, 0.4) is 0 Å². The number of rotatable bonds is 0. The fourth-order valence-corrected chi connectivity index (χ4v) is 1.33. The van der Waals surface area contributed by atoms with E-state index in [2.05, 4.69) is 37.2 Å². The fraction of sp³-hybridized carbons (Fsp3) is 0.273. The van der Waals surface area contributed by atoms with Crippen molar-refractivity contribution in [3.63, 3.8) is 0 Å². The lowest BCUT2D eigenvalue weighted by Crippen LogP contribution is -2.16. The molecule has 0 fully saturated rings. The molecule has 0 saturated heterocycles. The van der Waals surface area contributed by atoms with Crippen molar-refractivity contribution in [2.45, 2.75) is 19.6 Å². The first-order chi connectivity index (χ1) is 6.37. The predicted octanol–water partition coefficient (Wildman–Crippen LogP) is 2.99. The van der Waals surface area contributed by atoms with Gasteiger partial charge in [-0.1, -0.05) is 25.6 Å². The number of halogens is 2. The third kappa shape index (κ3) is 3.71. The van der Waals surface area contributed by atoms with Gasteiger partial charge >= 0.3 is 0 Å². The molecule has 0 aliphatic rings. The molecule has 14 heavy (non-hydrogen) atoms. The smallest absolute Gasteiger partial charge is 0.135 e. The second kappa shape index (κ2) is 3.93. The van der Waals surface area contributed by atoms with Crippen molar-refractivity contribution in [1.82, 2.24) is 0 Å². The van der Waals surface area contributed by atoms with Gasteiger partial charge in [0.15, 0.2) is 0 Å². The van der Waals surface area contributed by atoms with E-state index in [1.54, 1.807) is 0 Å². The van der Waals surface area contributed by atoms with Crippen molar-refractivity contribution in [1.29, 1.82) is 0 Å². The molecule has 0 nitrogen and oxygen atoms in total. The highest BCUT2D eigenvalue weighted by Gasteiger charge is 2.07. The number of hydrogen-bond acceptors (Lipinski definition) is 0. The van der Waals surface area contributed by atoms with Crippen LogP contribution < -0.4 is 0 Å². The van der Waals surface area contributed by atoms with Crippen LogP contribution in [0.2, 0.25) is 19.6 Å². The van der Waals surface area contributed by atoms with Crippen molar-refractivity contribution < 1.29 is 8.78 Å². The fourth-order valence-electron chi connectivity index (χ4n) is 0.824. The van der Waals surface area contributed by atoms with Crippen molar-refractivity contribution in [3.05, 3.63) is 35.4 Å². The summed E-state index contributed by atoms with van der Waals surface area (Å²) in [5.74, 6) is 1.43. The Morgan fingerprint density at radius 2 is 1.86 bits per heavy atom. The Morgan fingerprint density at radius 3 is 2.36 bits per heavy atom. The number of hydrogen-bond donors (Lipinski definition) is 0. The molecule has 0 spiro atoms. The van der Waals surface area contributed by atoms with Crippen LogP contribution >= 0.6 is 0 Å². The van der Waals surface area contributed by atoms with Gasteiger partial charge in [0.2, 0.25) is 0 Å². The van der Waals surface area contributed by atoms with Crippen molar-refractivity contribution in [2.75, 3.05) is 0 Å². The molecule has 1 radical (unpaired) electrons. The maximum absolute atomic E-state index is 12.7. The van der Waals surface area contributed by atoms with Crippen LogP contribution in [0, 0.1) is 29.2 Å². The molecule has 73 valence electrons. The minimum atomic E-state index is -1.50. The summed E-state index contributed by atoms with van der Waals surface area (Å²) in [7, 11) is -1.50. The topological polar surface area (TPSA) is 0 Å². The molecule has 1 aromatic rings. The Morgan fingerprint density at radius 1 is 1.21 bits per heavy atom. The van der Waals surface area contributed by atoms with Crippen LogP contribution in [0.25, 0.3) is 0 Å². The van der Waals surface area contributed by atoms with E-state index in [0.29, 0.717) is 0 Å². The molecule has 0 atom stereocenters. The SMILES string of the molecule is C[Si](C)(C)C#Cc1[c]c(F)cc(F)c1. The van der Waals surface area contributed by atoms with E-state index in [1.807, 2.05) is 0 Å². The summed E-state index contributed by atoms with van der Waals surface area (Å²) in [5.41, 5.74) is 3.30. The maximum atomic E-state index is 12.7. The summed E-state index contributed by atoms with van der Waals surface area (Å²) in [6.45, 7) is 6.20. The Kier molecular flexibility index (Phi) is 3.07. The van der Waals surface area contributed by atoms with E-state index in [9.17, 15) is 8.78 Å². The van der Waals surface area contributed by atoms with Gasteiger partial charge in [-0.3, -0.25) is 0 Å². The molecular formula is C11H11F2Si. The largest absolute Gasteiger partial charge is 0.207 e. The zero-order chi connectivity index (χ0) is 10.8. The lowest BCUT2D eigenvalue weighted by Gasteiger charge is -2.03. The predicted molar refractivity (Wildman–Crippen MR) is 55.4 cm³/mol. The second-order valence-electron chi connectivity index (χ2n) is 4.06. The lowest BCUT2D eigenvalue weighted by molar-refractivity contribution is 0.581. The van der Waals surface area contributed by atoms with E-state index < -0.39 is 19.7 Å². The zero-order valence-electron chi connectivity index (χ0n) is 8.41. The Labute approximate surface area is 84.0 Å². The Balaban J connectivity index is 3.02. The van der Waals surface area contributed by atoms with Gasteiger partial charge in [0.05, 0.1) is 0 Å². The molecule has 3 heteroatoms.